The topological polar surface area (TPSA) is 0 Å². The number of hydrogen-bond donors (Lipinski definition) is 0. The number of hydrogen-bond acceptors (Lipinski definition) is 0. The minimum absolute atomic E-state index is 0.607. The van der Waals surface area contributed by atoms with Crippen LogP contribution in [0.15, 0.2) is 35.5 Å². The molecule has 0 fully saturated rings. The van der Waals surface area contributed by atoms with E-state index in [-0.39, 0.29) is 0 Å². The third kappa shape index (κ3) is 4.51. The zero-order valence-electron chi connectivity index (χ0n) is 10.5. The first kappa shape index (κ1) is 12.3. The molecule has 1 rings (SSSR count). The van der Waals surface area contributed by atoms with E-state index in [2.05, 4.69) is 39.5 Å². The van der Waals surface area contributed by atoms with Gasteiger partial charge in [0.15, 0.2) is 0 Å². The monoisotopic (exact) mass is 204 g/mol. The molecule has 0 saturated heterocycles. The van der Waals surface area contributed by atoms with Crippen LogP contribution >= 0.6 is 0 Å². The van der Waals surface area contributed by atoms with Crippen LogP contribution < -0.4 is 0 Å². The summed E-state index contributed by atoms with van der Waals surface area (Å²) in [6.07, 6.45) is 11.1. The van der Waals surface area contributed by atoms with Crippen molar-refractivity contribution in [3.8, 4) is 0 Å². The minimum atomic E-state index is 0.607. The van der Waals surface area contributed by atoms with E-state index in [1.807, 2.05) is 0 Å². The van der Waals surface area contributed by atoms with Crippen molar-refractivity contribution in [3.63, 3.8) is 0 Å². The van der Waals surface area contributed by atoms with E-state index in [1.165, 1.54) is 43.3 Å². The van der Waals surface area contributed by atoms with Gasteiger partial charge in [0, 0.05) is 0 Å². The van der Waals surface area contributed by atoms with Gasteiger partial charge in [0.05, 0.1) is 0 Å². The van der Waals surface area contributed by atoms with Gasteiger partial charge in [0.25, 0.3) is 0 Å². The van der Waals surface area contributed by atoms with Gasteiger partial charge >= 0.3 is 0 Å². The lowest BCUT2D eigenvalue weighted by atomic mass is 9.90. The van der Waals surface area contributed by atoms with Crippen molar-refractivity contribution in [2.45, 2.75) is 52.9 Å². The molecule has 0 nitrogen and oxygen atoms in total. The molecule has 1 atom stereocenters. The van der Waals surface area contributed by atoms with E-state index in [0.717, 1.165) is 0 Å². The van der Waals surface area contributed by atoms with Crippen molar-refractivity contribution in [3.05, 3.63) is 35.5 Å². The molecule has 0 bridgehead atoms. The maximum absolute atomic E-state index is 4.10. The van der Waals surface area contributed by atoms with E-state index in [4.69, 9.17) is 0 Å². The van der Waals surface area contributed by atoms with Crippen LogP contribution in [0.3, 0.4) is 0 Å². The minimum Gasteiger partial charge on any atom is -0.0995 e. The van der Waals surface area contributed by atoms with Gasteiger partial charge in [-0.25, -0.2) is 0 Å². The first-order valence-electron chi connectivity index (χ1n) is 6.08. The van der Waals surface area contributed by atoms with Crippen LogP contribution in [-0.4, -0.2) is 0 Å². The molecule has 0 aliphatic heterocycles. The first-order chi connectivity index (χ1) is 7.09. The van der Waals surface area contributed by atoms with E-state index < -0.39 is 0 Å². The van der Waals surface area contributed by atoms with E-state index in [1.54, 1.807) is 5.57 Å². The summed E-state index contributed by atoms with van der Waals surface area (Å²) in [5, 5.41) is 0. The lowest BCUT2D eigenvalue weighted by Crippen LogP contribution is -2.00. The van der Waals surface area contributed by atoms with Gasteiger partial charge in [-0.05, 0) is 58.8 Å². The quantitative estimate of drug-likeness (QED) is 0.525. The van der Waals surface area contributed by atoms with Crippen LogP contribution in [0, 0.1) is 5.92 Å². The second kappa shape index (κ2) is 5.95. The SMILES string of the molecule is C=C(C)[C@H]1/C=C(\C)CC/C=C(\C)CCC1. The highest BCUT2D eigenvalue weighted by Crippen LogP contribution is 2.24. The second-order valence-electron chi connectivity index (χ2n) is 4.95. The van der Waals surface area contributed by atoms with Crippen molar-refractivity contribution in [1.29, 1.82) is 0 Å². The summed E-state index contributed by atoms with van der Waals surface area (Å²) >= 11 is 0. The molecule has 0 spiro atoms. The Morgan fingerprint density at radius 2 is 2.00 bits per heavy atom. The molecule has 0 aromatic heterocycles. The van der Waals surface area contributed by atoms with Gasteiger partial charge in [-0.3, -0.25) is 0 Å². The maximum Gasteiger partial charge on any atom is -0.00261 e. The van der Waals surface area contributed by atoms with Crippen molar-refractivity contribution >= 4 is 0 Å². The van der Waals surface area contributed by atoms with E-state index >= 15 is 0 Å². The zero-order chi connectivity index (χ0) is 11.3. The molecule has 0 heterocycles. The molecule has 0 amide bonds. The van der Waals surface area contributed by atoms with Crippen LogP contribution in [0.5, 0.6) is 0 Å². The molecule has 0 saturated carbocycles. The summed E-state index contributed by atoms with van der Waals surface area (Å²) in [7, 11) is 0. The second-order valence-corrected chi connectivity index (χ2v) is 4.95. The molecular formula is C15H24. The zero-order valence-corrected chi connectivity index (χ0v) is 10.5. The summed E-state index contributed by atoms with van der Waals surface area (Å²) in [5.41, 5.74) is 4.40. The van der Waals surface area contributed by atoms with Gasteiger partial charge in [0.1, 0.15) is 0 Å². The molecule has 0 heteroatoms. The summed E-state index contributed by atoms with van der Waals surface area (Å²) in [6.45, 7) is 10.8. The number of allylic oxidation sites excluding steroid dienone is 5. The Labute approximate surface area is 94.8 Å². The van der Waals surface area contributed by atoms with Crippen LogP contribution in [0.1, 0.15) is 52.9 Å². The number of rotatable bonds is 1. The molecule has 1 aliphatic carbocycles. The normalized spacial score (nSPS) is 31.0. The molecular weight excluding hydrogens is 180 g/mol. The molecule has 0 aromatic carbocycles. The van der Waals surface area contributed by atoms with Gasteiger partial charge < -0.3 is 0 Å². The highest BCUT2D eigenvalue weighted by Gasteiger charge is 2.08. The van der Waals surface area contributed by atoms with Crippen molar-refractivity contribution in [1.82, 2.24) is 0 Å². The Balaban J connectivity index is 2.71. The largest absolute Gasteiger partial charge is 0.0995 e. The molecule has 0 unspecified atom stereocenters. The molecule has 0 N–H and O–H groups in total. The molecule has 0 radical (unpaired) electrons. The summed E-state index contributed by atoms with van der Waals surface area (Å²) < 4.78 is 0. The average Bonchev–Trinajstić information content (AvgIpc) is 2.16. The predicted molar refractivity (Wildman–Crippen MR) is 68.9 cm³/mol. The Morgan fingerprint density at radius 3 is 2.67 bits per heavy atom. The van der Waals surface area contributed by atoms with Crippen LogP contribution in [0.2, 0.25) is 0 Å². The van der Waals surface area contributed by atoms with Crippen LogP contribution in [0.4, 0.5) is 0 Å². The molecule has 84 valence electrons. The van der Waals surface area contributed by atoms with Crippen molar-refractivity contribution in [2.75, 3.05) is 0 Å². The van der Waals surface area contributed by atoms with E-state index in [0.29, 0.717) is 5.92 Å². The third-order valence-corrected chi connectivity index (χ3v) is 3.24. The van der Waals surface area contributed by atoms with Gasteiger partial charge in [-0.2, -0.15) is 0 Å². The predicted octanol–water partition coefficient (Wildman–Crippen LogP) is 5.04. The van der Waals surface area contributed by atoms with Crippen LogP contribution in [0.25, 0.3) is 0 Å². The standard InChI is InChI=1S/C15H24/c1-12(2)15-10-6-8-13(3)7-5-9-14(4)11-15/h7,11,15H,1,5-6,8-10H2,2-4H3/b13-7+,14-11+/t15-/m1/s1. The Kier molecular flexibility index (Phi) is 4.87. The third-order valence-electron chi connectivity index (χ3n) is 3.24. The fourth-order valence-electron chi connectivity index (χ4n) is 2.15. The highest BCUT2D eigenvalue weighted by atomic mass is 14.1. The summed E-state index contributed by atoms with van der Waals surface area (Å²) in [6, 6.07) is 0. The lowest BCUT2D eigenvalue weighted by molar-refractivity contribution is 0.617. The molecule has 0 aromatic rings. The first-order valence-corrected chi connectivity index (χ1v) is 6.08. The van der Waals surface area contributed by atoms with E-state index in [9.17, 15) is 0 Å². The lowest BCUT2D eigenvalue weighted by Gasteiger charge is -2.16. The molecule has 15 heavy (non-hydrogen) atoms. The Morgan fingerprint density at radius 1 is 1.27 bits per heavy atom. The maximum atomic E-state index is 4.10. The smallest absolute Gasteiger partial charge is 0.00261 e. The Hall–Kier alpha value is -0.780. The fraction of sp³-hybridized carbons (Fsp3) is 0.600. The highest BCUT2D eigenvalue weighted by molar-refractivity contribution is 5.13. The average molecular weight is 204 g/mol. The summed E-state index contributed by atoms with van der Waals surface area (Å²) in [4.78, 5) is 0. The fourth-order valence-corrected chi connectivity index (χ4v) is 2.15. The Bertz CT molecular complexity index is 278. The van der Waals surface area contributed by atoms with Crippen molar-refractivity contribution < 1.29 is 0 Å². The van der Waals surface area contributed by atoms with Crippen LogP contribution in [-0.2, 0) is 0 Å². The van der Waals surface area contributed by atoms with Gasteiger partial charge in [0.2, 0.25) is 0 Å². The molecule has 1 aliphatic rings. The van der Waals surface area contributed by atoms with Gasteiger partial charge in [-0.15, -0.1) is 0 Å². The summed E-state index contributed by atoms with van der Waals surface area (Å²) in [5.74, 6) is 0.607. The van der Waals surface area contributed by atoms with Gasteiger partial charge in [-0.1, -0.05) is 35.5 Å². The van der Waals surface area contributed by atoms with Crippen molar-refractivity contribution in [2.24, 2.45) is 5.92 Å².